The van der Waals surface area contributed by atoms with Crippen LogP contribution in [0.1, 0.15) is 44.6 Å². The van der Waals surface area contributed by atoms with Crippen LogP contribution in [0.2, 0.25) is 0 Å². The fraction of sp³-hybridized carbons (Fsp3) is 0.769. The molecule has 17 heavy (non-hydrogen) atoms. The van der Waals surface area contributed by atoms with E-state index in [9.17, 15) is 5.11 Å². The molecule has 0 amide bonds. The summed E-state index contributed by atoms with van der Waals surface area (Å²) >= 11 is 0. The summed E-state index contributed by atoms with van der Waals surface area (Å²) in [6.07, 6.45) is 2.00. The number of hydrogen-bond donors (Lipinski definition) is 1. The standard InChI is InChI=1S/C13H24N2O2/c1-5-12-11(9-16)13(6-2)15(14-12)7-8-17-10(3)4/h10,16H,5-9H2,1-4H3. The van der Waals surface area contributed by atoms with E-state index in [2.05, 4.69) is 18.9 Å². The molecule has 1 heterocycles. The largest absolute Gasteiger partial charge is 0.392 e. The van der Waals surface area contributed by atoms with Crippen molar-refractivity contribution in [3.8, 4) is 0 Å². The summed E-state index contributed by atoms with van der Waals surface area (Å²) in [7, 11) is 0. The van der Waals surface area contributed by atoms with Gasteiger partial charge in [0.25, 0.3) is 0 Å². The molecule has 1 N–H and O–H groups in total. The topological polar surface area (TPSA) is 47.3 Å². The molecule has 0 unspecified atom stereocenters. The highest BCUT2D eigenvalue weighted by molar-refractivity contribution is 5.25. The van der Waals surface area contributed by atoms with Crippen molar-refractivity contribution in [3.05, 3.63) is 17.0 Å². The maximum Gasteiger partial charge on any atom is 0.0718 e. The summed E-state index contributed by atoms with van der Waals surface area (Å²) in [5.74, 6) is 0. The Kier molecular flexibility index (Phi) is 5.65. The molecule has 1 rings (SSSR count). The number of hydrogen-bond acceptors (Lipinski definition) is 3. The number of aryl methyl sites for hydroxylation is 1. The first-order chi connectivity index (χ1) is 8.13. The molecule has 4 nitrogen and oxygen atoms in total. The lowest BCUT2D eigenvalue weighted by molar-refractivity contribution is 0.0704. The van der Waals surface area contributed by atoms with E-state index in [1.54, 1.807) is 0 Å². The fourth-order valence-electron chi connectivity index (χ4n) is 2.01. The molecule has 0 atom stereocenters. The number of aromatic nitrogens is 2. The second kappa shape index (κ2) is 6.77. The molecule has 0 radical (unpaired) electrons. The average Bonchev–Trinajstić information content (AvgIpc) is 2.65. The lowest BCUT2D eigenvalue weighted by Gasteiger charge is -2.09. The normalized spacial score (nSPS) is 11.4. The molecule has 0 bridgehead atoms. The van der Waals surface area contributed by atoms with Gasteiger partial charge in [-0.2, -0.15) is 5.10 Å². The Morgan fingerprint density at radius 1 is 1.29 bits per heavy atom. The van der Waals surface area contributed by atoms with Crippen LogP contribution >= 0.6 is 0 Å². The maximum atomic E-state index is 9.40. The molecular formula is C13H24N2O2. The van der Waals surface area contributed by atoms with Gasteiger partial charge in [0.05, 0.1) is 31.6 Å². The van der Waals surface area contributed by atoms with E-state index in [1.165, 1.54) is 0 Å². The number of nitrogens with zero attached hydrogens (tertiary/aromatic N) is 2. The van der Waals surface area contributed by atoms with Gasteiger partial charge in [-0.25, -0.2) is 0 Å². The van der Waals surface area contributed by atoms with Crippen molar-refractivity contribution < 1.29 is 9.84 Å². The molecular weight excluding hydrogens is 216 g/mol. The molecule has 0 aliphatic rings. The Labute approximate surface area is 104 Å². The van der Waals surface area contributed by atoms with Crippen LogP contribution in [0.4, 0.5) is 0 Å². The van der Waals surface area contributed by atoms with Crippen molar-refractivity contribution in [2.24, 2.45) is 0 Å². The van der Waals surface area contributed by atoms with E-state index in [4.69, 9.17) is 4.74 Å². The van der Waals surface area contributed by atoms with Crippen molar-refractivity contribution in [2.45, 2.75) is 59.8 Å². The first-order valence-corrected chi connectivity index (χ1v) is 6.43. The summed E-state index contributed by atoms with van der Waals surface area (Å²) in [6.45, 7) is 9.72. The van der Waals surface area contributed by atoms with Crippen molar-refractivity contribution in [1.29, 1.82) is 0 Å². The third-order valence-corrected chi connectivity index (χ3v) is 2.83. The van der Waals surface area contributed by atoms with E-state index >= 15 is 0 Å². The van der Waals surface area contributed by atoms with Crippen molar-refractivity contribution in [2.75, 3.05) is 6.61 Å². The van der Waals surface area contributed by atoms with Gasteiger partial charge in [-0.1, -0.05) is 13.8 Å². The quantitative estimate of drug-likeness (QED) is 0.792. The van der Waals surface area contributed by atoms with Crippen LogP contribution in [-0.2, 0) is 30.7 Å². The Balaban J connectivity index is 2.80. The smallest absolute Gasteiger partial charge is 0.0718 e. The SMILES string of the molecule is CCc1nn(CCOC(C)C)c(CC)c1CO. The summed E-state index contributed by atoms with van der Waals surface area (Å²) in [5, 5.41) is 13.9. The van der Waals surface area contributed by atoms with E-state index in [-0.39, 0.29) is 12.7 Å². The summed E-state index contributed by atoms with van der Waals surface area (Å²) in [6, 6.07) is 0. The number of ether oxygens (including phenoxy) is 1. The van der Waals surface area contributed by atoms with Gasteiger partial charge >= 0.3 is 0 Å². The lowest BCUT2D eigenvalue weighted by atomic mass is 10.1. The van der Waals surface area contributed by atoms with Crippen molar-refractivity contribution >= 4 is 0 Å². The predicted molar refractivity (Wildman–Crippen MR) is 68.0 cm³/mol. The average molecular weight is 240 g/mol. The minimum Gasteiger partial charge on any atom is -0.392 e. The van der Waals surface area contributed by atoms with Gasteiger partial charge in [0.15, 0.2) is 0 Å². The molecule has 1 aromatic rings. The van der Waals surface area contributed by atoms with Crippen LogP contribution < -0.4 is 0 Å². The number of rotatable bonds is 7. The molecule has 4 heteroatoms. The first-order valence-electron chi connectivity index (χ1n) is 6.43. The predicted octanol–water partition coefficient (Wildman–Crippen LogP) is 1.93. The van der Waals surface area contributed by atoms with E-state index < -0.39 is 0 Å². The zero-order valence-corrected chi connectivity index (χ0v) is 11.4. The number of aliphatic hydroxyl groups is 1. The van der Waals surface area contributed by atoms with Crippen molar-refractivity contribution in [3.63, 3.8) is 0 Å². The van der Waals surface area contributed by atoms with Crippen molar-refractivity contribution in [1.82, 2.24) is 9.78 Å². The molecule has 0 aromatic carbocycles. The van der Waals surface area contributed by atoms with Gasteiger partial charge in [0.1, 0.15) is 0 Å². The summed E-state index contributed by atoms with van der Waals surface area (Å²) in [5.41, 5.74) is 3.14. The Bertz CT molecular complexity index is 345. The molecule has 1 aromatic heterocycles. The highest BCUT2D eigenvalue weighted by atomic mass is 16.5. The van der Waals surface area contributed by atoms with Gasteiger partial charge in [-0.05, 0) is 26.7 Å². The van der Waals surface area contributed by atoms with Crippen LogP contribution in [0.15, 0.2) is 0 Å². The Morgan fingerprint density at radius 3 is 2.47 bits per heavy atom. The van der Waals surface area contributed by atoms with E-state index in [1.807, 2.05) is 18.5 Å². The Morgan fingerprint density at radius 2 is 2.00 bits per heavy atom. The van der Waals surface area contributed by atoms with Crippen LogP contribution in [0.5, 0.6) is 0 Å². The van der Waals surface area contributed by atoms with Crippen LogP contribution in [-0.4, -0.2) is 27.6 Å². The highest BCUT2D eigenvalue weighted by Gasteiger charge is 2.14. The molecule has 0 saturated carbocycles. The van der Waals surface area contributed by atoms with Gasteiger partial charge < -0.3 is 9.84 Å². The molecule has 0 saturated heterocycles. The third-order valence-electron chi connectivity index (χ3n) is 2.83. The minimum absolute atomic E-state index is 0.0807. The molecule has 0 aliphatic heterocycles. The second-order valence-electron chi connectivity index (χ2n) is 4.38. The molecule has 98 valence electrons. The molecule has 0 spiro atoms. The lowest BCUT2D eigenvalue weighted by Crippen LogP contribution is -2.13. The highest BCUT2D eigenvalue weighted by Crippen LogP contribution is 2.16. The first kappa shape index (κ1) is 14.2. The van der Waals surface area contributed by atoms with E-state index in [0.29, 0.717) is 6.61 Å². The van der Waals surface area contributed by atoms with Gasteiger partial charge in [0, 0.05) is 11.3 Å². The van der Waals surface area contributed by atoms with E-state index in [0.717, 1.165) is 36.3 Å². The maximum absolute atomic E-state index is 9.40. The minimum atomic E-state index is 0.0807. The second-order valence-corrected chi connectivity index (χ2v) is 4.38. The number of aliphatic hydroxyl groups excluding tert-OH is 1. The van der Waals surface area contributed by atoms with Crippen LogP contribution in [0.3, 0.4) is 0 Å². The van der Waals surface area contributed by atoms with Crippen LogP contribution in [0, 0.1) is 0 Å². The Hall–Kier alpha value is -0.870. The van der Waals surface area contributed by atoms with Gasteiger partial charge in [-0.3, -0.25) is 4.68 Å². The van der Waals surface area contributed by atoms with Gasteiger partial charge in [-0.15, -0.1) is 0 Å². The zero-order valence-electron chi connectivity index (χ0n) is 11.4. The fourth-order valence-corrected chi connectivity index (χ4v) is 2.01. The van der Waals surface area contributed by atoms with Crippen LogP contribution in [0.25, 0.3) is 0 Å². The summed E-state index contributed by atoms with van der Waals surface area (Å²) < 4.78 is 7.52. The zero-order chi connectivity index (χ0) is 12.8. The monoisotopic (exact) mass is 240 g/mol. The van der Waals surface area contributed by atoms with Gasteiger partial charge in [0.2, 0.25) is 0 Å². The summed E-state index contributed by atoms with van der Waals surface area (Å²) in [4.78, 5) is 0. The molecule has 0 aliphatic carbocycles. The third kappa shape index (κ3) is 3.54. The molecule has 0 fully saturated rings.